The molecule has 3 nitrogen and oxygen atoms in total. The van der Waals surface area contributed by atoms with Crippen LogP contribution in [0.25, 0.3) is 11.1 Å². The lowest BCUT2D eigenvalue weighted by molar-refractivity contribution is 0.0954. The maximum atomic E-state index is 12.6. The highest BCUT2D eigenvalue weighted by molar-refractivity contribution is 6.01. The van der Waals surface area contributed by atoms with Crippen LogP contribution in [-0.4, -0.2) is 17.4 Å². The summed E-state index contributed by atoms with van der Waals surface area (Å²) in [6, 6.07) is 21.7. The van der Waals surface area contributed by atoms with E-state index in [0.29, 0.717) is 12.1 Å². The van der Waals surface area contributed by atoms with Crippen molar-refractivity contribution in [1.29, 1.82) is 0 Å². The van der Waals surface area contributed by atoms with Gasteiger partial charge in [-0.3, -0.25) is 9.78 Å². The van der Waals surface area contributed by atoms with E-state index in [2.05, 4.69) is 29.4 Å². The molecule has 1 aromatic heterocycles. The number of benzene rings is 2. The molecule has 0 spiro atoms. The van der Waals surface area contributed by atoms with Gasteiger partial charge in [-0.2, -0.15) is 0 Å². The molecule has 24 heavy (non-hydrogen) atoms. The Morgan fingerprint density at radius 2 is 1.62 bits per heavy atom. The predicted octanol–water partition coefficient (Wildman–Crippen LogP) is 4.03. The van der Waals surface area contributed by atoms with Gasteiger partial charge in [0.05, 0.1) is 0 Å². The van der Waals surface area contributed by atoms with E-state index in [-0.39, 0.29) is 5.91 Å². The standard InChI is InChI=1S/C21H20N2O/c1-16-8-2-3-10-18(16)19-11-4-5-12-20(19)21(24)23-15-13-17-9-6-7-14-22-17/h2-12,14H,13,15H2,1H3,(H,23,24). The van der Waals surface area contributed by atoms with E-state index in [1.165, 1.54) is 0 Å². The molecule has 0 aliphatic carbocycles. The highest BCUT2D eigenvalue weighted by atomic mass is 16.1. The monoisotopic (exact) mass is 316 g/mol. The smallest absolute Gasteiger partial charge is 0.251 e. The molecular weight excluding hydrogens is 296 g/mol. The first kappa shape index (κ1) is 15.9. The molecule has 3 aromatic rings. The quantitative estimate of drug-likeness (QED) is 0.772. The van der Waals surface area contributed by atoms with Gasteiger partial charge in [-0.25, -0.2) is 0 Å². The van der Waals surface area contributed by atoms with Crippen LogP contribution in [0.15, 0.2) is 72.9 Å². The molecule has 0 atom stereocenters. The fourth-order valence-corrected chi connectivity index (χ4v) is 2.74. The Labute approximate surface area is 142 Å². The van der Waals surface area contributed by atoms with Crippen LogP contribution in [0.2, 0.25) is 0 Å². The van der Waals surface area contributed by atoms with Crippen LogP contribution in [0, 0.1) is 6.92 Å². The SMILES string of the molecule is Cc1ccccc1-c1ccccc1C(=O)NCCc1ccccn1. The van der Waals surface area contributed by atoms with Gasteiger partial charge in [-0.05, 0) is 41.8 Å². The molecule has 0 bridgehead atoms. The largest absolute Gasteiger partial charge is 0.352 e. The predicted molar refractivity (Wildman–Crippen MR) is 96.9 cm³/mol. The minimum atomic E-state index is -0.0511. The zero-order chi connectivity index (χ0) is 16.8. The number of carbonyl (C=O) groups is 1. The van der Waals surface area contributed by atoms with Crippen molar-refractivity contribution in [1.82, 2.24) is 10.3 Å². The number of aryl methyl sites for hydroxylation is 1. The van der Waals surface area contributed by atoms with Crippen LogP contribution >= 0.6 is 0 Å². The lowest BCUT2D eigenvalue weighted by Crippen LogP contribution is -2.26. The molecule has 0 radical (unpaired) electrons. The minimum absolute atomic E-state index is 0.0511. The van der Waals surface area contributed by atoms with Crippen molar-refractivity contribution >= 4 is 5.91 Å². The van der Waals surface area contributed by atoms with Crippen LogP contribution in [-0.2, 0) is 6.42 Å². The van der Waals surface area contributed by atoms with Crippen LogP contribution < -0.4 is 5.32 Å². The van der Waals surface area contributed by atoms with Crippen molar-refractivity contribution in [3.63, 3.8) is 0 Å². The normalized spacial score (nSPS) is 10.4. The van der Waals surface area contributed by atoms with E-state index in [1.807, 2.05) is 54.6 Å². The van der Waals surface area contributed by atoms with Crippen molar-refractivity contribution in [3.05, 3.63) is 89.7 Å². The third kappa shape index (κ3) is 3.69. The summed E-state index contributed by atoms with van der Waals surface area (Å²) in [5, 5.41) is 3.00. The van der Waals surface area contributed by atoms with Gasteiger partial charge in [-0.1, -0.05) is 48.5 Å². The van der Waals surface area contributed by atoms with Crippen LogP contribution in [0.4, 0.5) is 0 Å². The van der Waals surface area contributed by atoms with Gasteiger partial charge >= 0.3 is 0 Å². The fraction of sp³-hybridized carbons (Fsp3) is 0.143. The first-order valence-electron chi connectivity index (χ1n) is 8.09. The Kier molecular flexibility index (Phi) is 5.02. The maximum absolute atomic E-state index is 12.6. The number of aromatic nitrogens is 1. The summed E-state index contributed by atoms with van der Waals surface area (Å²) in [5.41, 5.74) is 4.89. The summed E-state index contributed by atoms with van der Waals surface area (Å²) in [4.78, 5) is 16.9. The molecule has 3 rings (SSSR count). The summed E-state index contributed by atoms with van der Waals surface area (Å²) >= 11 is 0. The van der Waals surface area contributed by atoms with Crippen LogP contribution in [0.1, 0.15) is 21.6 Å². The zero-order valence-electron chi connectivity index (χ0n) is 13.7. The van der Waals surface area contributed by atoms with Gasteiger partial charge in [0.25, 0.3) is 5.91 Å². The number of pyridine rings is 1. The second kappa shape index (κ2) is 7.55. The third-order valence-electron chi connectivity index (χ3n) is 4.00. The Morgan fingerprint density at radius 3 is 2.38 bits per heavy atom. The average Bonchev–Trinajstić information content (AvgIpc) is 2.63. The Balaban J connectivity index is 1.75. The number of nitrogens with zero attached hydrogens (tertiary/aromatic N) is 1. The number of carbonyl (C=O) groups excluding carboxylic acids is 1. The van der Waals surface area contributed by atoms with Gasteiger partial charge in [-0.15, -0.1) is 0 Å². The van der Waals surface area contributed by atoms with Gasteiger partial charge in [0.2, 0.25) is 0 Å². The molecule has 1 heterocycles. The highest BCUT2D eigenvalue weighted by Crippen LogP contribution is 2.26. The second-order valence-corrected chi connectivity index (χ2v) is 5.69. The van der Waals surface area contributed by atoms with Gasteiger partial charge in [0, 0.05) is 30.4 Å². The molecule has 120 valence electrons. The number of amides is 1. The molecule has 0 aliphatic heterocycles. The molecule has 0 unspecified atom stereocenters. The Bertz CT molecular complexity index is 828. The zero-order valence-corrected chi connectivity index (χ0v) is 13.7. The lowest BCUT2D eigenvalue weighted by atomic mass is 9.95. The van der Waals surface area contributed by atoms with Gasteiger partial charge in [0.15, 0.2) is 0 Å². The Morgan fingerprint density at radius 1 is 0.917 bits per heavy atom. The van der Waals surface area contributed by atoms with E-state index < -0.39 is 0 Å². The number of rotatable bonds is 5. The molecule has 1 N–H and O–H groups in total. The van der Waals surface area contributed by atoms with E-state index >= 15 is 0 Å². The van der Waals surface area contributed by atoms with Crippen LogP contribution in [0.3, 0.4) is 0 Å². The summed E-state index contributed by atoms with van der Waals surface area (Å²) in [5.74, 6) is -0.0511. The van der Waals surface area contributed by atoms with Crippen molar-refractivity contribution < 1.29 is 4.79 Å². The number of hydrogen-bond acceptors (Lipinski definition) is 2. The van der Waals surface area contributed by atoms with Crippen molar-refractivity contribution in [2.24, 2.45) is 0 Å². The van der Waals surface area contributed by atoms with E-state index in [0.717, 1.165) is 28.8 Å². The number of hydrogen-bond donors (Lipinski definition) is 1. The van der Waals surface area contributed by atoms with Crippen molar-refractivity contribution in [2.75, 3.05) is 6.54 Å². The molecule has 3 heteroatoms. The maximum Gasteiger partial charge on any atom is 0.251 e. The van der Waals surface area contributed by atoms with Crippen LogP contribution in [0.5, 0.6) is 0 Å². The minimum Gasteiger partial charge on any atom is -0.352 e. The van der Waals surface area contributed by atoms with E-state index in [4.69, 9.17) is 0 Å². The second-order valence-electron chi connectivity index (χ2n) is 5.69. The van der Waals surface area contributed by atoms with Gasteiger partial charge in [0.1, 0.15) is 0 Å². The summed E-state index contributed by atoms with van der Waals surface area (Å²) in [6.07, 6.45) is 2.49. The van der Waals surface area contributed by atoms with Gasteiger partial charge < -0.3 is 5.32 Å². The van der Waals surface area contributed by atoms with Crippen molar-refractivity contribution in [3.8, 4) is 11.1 Å². The average molecular weight is 316 g/mol. The molecular formula is C21H20N2O. The van der Waals surface area contributed by atoms with Crippen molar-refractivity contribution in [2.45, 2.75) is 13.3 Å². The topological polar surface area (TPSA) is 42.0 Å². The number of nitrogens with one attached hydrogen (secondary N) is 1. The first-order chi connectivity index (χ1) is 11.8. The third-order valence-corrected chi connectivity index (χ3v) is 4.00. The summed E-state index contributed by atoms with van der Waals surface area (Å²) < 4.78 is 0. The Hall–Kier alpha value is -2.94. The molecule has 0 saturated heterocycles. The highest BCUT2D eigenvalue weighted by Gasteiger charge is 2.13. The molecule has 0 aliphatic rings. The molecule has 2 aromatic carbocycles. The molecule has 0 fully saturated rings. The molecule has 1 amide bonds. The van der Waals surface area contributed by atoms with E-state index in [1.54, 1.807) is 6.20 Å². The van der Waals surface area contributed by atoms with E-state index in [9.17, 15) is 4.79 Å². The lowest BCUT2D eigenvalue weighted by Gasteiger charge is -2.12. The summed E-state index contributed by atoms with van der Waals surface area (Å²) in [6.45, 7) is 2.63. The fourth-order valence-electron chi connectivity index (χ4n) is 2.74. The first-order valence-corrected chi connectivity index (χ1v) is 8.09. The molecule has 0 saturated carbocycles. The summed E-state index contributed by atoms with van der Waals surface area (Å²) in [7, 11) is 0.